The number of alkyl halides is 3. The van der Waals surface area contributed by atoms with E-state index >= 15 is 0 Å². The number of nitrogens with zero attached hydrogens (tertiary/aromatic N) is 3. The Labute approximate surface area is 202 Å². The molecule has 0 saturated carbocycles. The van der Waals surface area contributed by atoms with E-state index in [2.05, 4.69) is 18.8 Å². The summed E-state index contributed by atoms with van der Waals surface area (Å²) in [4.78, 5) is 32.1. The molecule has 0 aliphatic carbocycles. The van der Waals surface area contributed by atoms with Crippen LogP contribution in [0.2, 0.25) is 0 Å². The van der Waals surface area contributed by atoms with Crippen molar-refractivity contribution in [3.8, 4) is 0 Å². The Hall–Kier alpha value is -3.14. The fourth-order valence-electron chi connectivity index (χ4n) is 3.91. The first kappa shape index (κ1) is 26.5. The molecule has 2 heterocycles. The molecule has 7 nitrogen and oxygen atoms in total. The van der Waals surface area contributed by atoms with Gasteiger partial charge >= 0.3 is 18.2 Å². The van der Waals surface area contributed by atoms with Crippen molar-refractivity contribution in [2.75, 3.05) is 18.6 Å². The number of pyridine rings is 1. The van der Waals surface area contributed by atoms with E-state index in [1.165, 1.54) is 11.9 Å². The average molecular weight is 494 g/mol. The molecule has 3 rings (SSSR count). The van der Waals surface area contributed by atoms with Gasteiger partial charge in [-0.3, -0.25) is 9.69 Å². The number of carbonyl (C=O) groups is 2. The van der Waals surface area contributed by atoms with E-state index in [0.717, 1.165) is 40.8 Å². The van der Waals surface area contributed by atoms with Gasteiger partial charge in [-0.25, -0.2) is 14.7 Å². The molecule has 1 aromatic heterocycles. The van der Waals surface area contributed by atoms with Crippen molar-refractivity contribution in [2.45, 2.75) is 58.7 Å². The number of likely N-dealkylation sites (N-methyl/N-ethyl adjacent to an activating group) is 1. The van der Waals surface area contributed by atoms with Crippen molar-refractivity contribution >= 4 is 17.8 Å². The van der Waals surface area contributed by atoms with Crippen molar-refractivity contribution in [3.05, 3.63) is 59.3 Å². The molecule has 190 valence electrons. The number of urea groups is 1. The molecule has 2 amide bonds. The van der Waals surface area contributed by atoms with Gasteiger partial charge in [0.05, 0.1) is 11.5 Å². The molecule has 0 radical (unpaired) electrons. The first-order valence-electron chi connectivity index (χ1n) is 11.4. The van der Waals surface area contributed by atoms with E-state index in [9.17, 15) is 22.8 Å². The van der Waals surface area contributed by atoms with Crippen LogP contribution in [0.5, 0.6) is 0 Å². The number of aromatic nitrogens is 1. The summed E-state index contributed by atoms with van der Waals surface area (Å²) >= 11 is 0. The van der Waals surface area contributed by atoms with E-state index in [1.807, 2.05) is 24.3 Å². The molecule has 1 aliphatic heterocycles. The van der Waals surface area contributed by atoms with Crippen LogP contribution in [-0.4, -0.2) is 48.0 Å². The smallest absolute Gasteiger partial charge is 0.416 e. The van der Waals surface area contributed by atoms with Crippen LogP contribution in [0.25, 0.3) is 0 Å². The van der Waals surface area contributed by atoms with Crippen molar-refractivity contribution < 1.29 is 32.2 Å². The average Bonchev–Trinajstić information content (AvgIpc) is 3.02. The molecule has 1 fully saturated rings. The molecule has 0 N–H and O–H groups in total. The summed E-state index contributed by atoms with van der Waals surface area (Å²) in [5, 5.41) is 0. The van der Waals surface area contributed by atoms with Crippen LogP contribution in [-0.2, 0) is 26.9 Å². The molecule has 2 unspecified atom stereocenters. The van der Waals surface area contributed by atoms with Gasteiger partial charge in [-0.2, -0.15) is 13.2 Å². The Bertz CT molecular complexity index is 1040. The summed E-state index contributed by atoms with van der Waals surface area (Å²) in [6.45, 7) is 7.79. The van der Waals surface area contributed by atoms with Crippen LogP contribution in [0, 0.1) is 5.92 Å². The van der Waals surface area contributed by atoms with Crippen LogP contribution in [0.1, 0.15) is 50.3 Å². The molecule has 10 heteroatoms. The highest BCUT2D eigenvalue weighted by atomic mass is 19.4. The van der Waals surface area contributed by atoms with Gasteiger partial charge < -0.3 is 9.47 Å². The topological polar surface area (TPSA) is 72.0 Å². The van der Waals surface area contributed by atoms with Gasteiger partial charge in [-0.1, -0.05) is 38.1 Å². The normalized spacial score (nSPS) is 19.4. The van der Waals surface area contributed by atoms with Gasteiger partial charge in [0.2, 0.25) is 6.23 Å². The second-order valence-corrected chi connectivity index (χ2v) is 8.90. The largest absolute Gasteiger partial charge is 0.436 e. The van der Waals surface area contributed by atoms with Gasteiger partial charge in [-0.05, 0) is 49.4 Å². The summed E-state index contributed by atoms with van der Waals surface area (Å²) in [6, 6.07) is 8.46. The lowest BCUT2D eigenvalue weighted by molar-refractivity contribution is -0.161. The predicted octanol–water partition coefficient (Wildman–Crippen LogP) is 5.21. The third-order valence-corrected chi connectivity index (χ3v) is 5.76. The molecular formula is C25H30F3N3O4. The summed E-state index contributed by atoms with van der Waals surface area (Å²) in [7, 11) is 1.42. The lowest BCUT2D eigenvalue weighted by Crippen LogP contribution is -2.43. The quantitative estimate of drug-likeness (QED) is 0.473. The van der Waals surface area contributed by atoms with Gasteiger partial charge in [-0.15, -0.1) is 0 Å². The Morgan fingerprint density at radius 2 is 1.77 bits per heavy atom. The second kappa shape index (κ2) is 10.6. The van der Waals surface area contributed by atoms with Crippen molar-refractivity contribution in [3.63, 3.8) is 0 Å². The molecule has 1 saturated heterocycles. The Morgan fingerprint density at radius 1 is 1.11 bits per heavy atom. The van der Waals surface area contributed by atoms with Crippen molar-refractivity contribution in [1.29, 1.82) is 0 Å². The van der Waals surface area contributed by atoms with Crippen LogP contribution < -0.4 is 4.90 Å². The van der Waals surface area contributed by atoms with Gasteiger partial charge in [0.1, 0.15) is 5.82 Å². The number of carbonyl (C=O) groups excluding carboxylic acids is 2. The standard InChI is InChI=1S/C25H30F3N3O4/c1-6-34-21-22(35-23(32)16(4)18-9-7-17(8-10-18)13-15(2)3)31(24(33)30(21)5)20-14-19(11-12-29-20)25(26,27)28/h7-12,14-16,21-22H,6,13H2,1-5H3/t16-,21?,22?/m0/s1. The van der Waals surface area contributed by atoms with E-state index in [1.54, 1.807) is 13.8 Å². The highest BCUT2D eigenvalue weighted by Crippen LogP contribution is 2.34. The Balaban J connectivity index is 1.88. The SMILES string of the molecule is CCOC1C(OC(=O)[C@@H](C)c2ccc(CC(C)C)cc2)N(c2cc(C(F)(F)F)ccn2)C(=O)N1C. The maximum atomic E-state index is 13.3. The van der Waals surface area contributed by atoms with Gasteiger partial charge in [0.15, 0.2) is 6.23 Å². The molecular weight excluding hydrogens is 463 g/mol. The van der Waals surface area contributed by atoms with Crippen molar-refractivity contribution in [1.82, 2.24) is 9.88 Å². The van der Waals surface area contributed by atoms with E-state index in [4.69, 9.17) is 9.47 Å². The lowest BCUT2D eigenvalue weighted by atomic mass is 9.97. The zero-order valence-electron chi connectivity index (χ0n) is 20.4. The third kappa shape index (κ3) is 5.93. The number of ether oxygens (including phenoxy) is 2. The maximum absolute atomic E-state index is 13.3. The van der Waals surface area contributed by atoms with Crippen LogP contribution in [0.4, 0.5) is 23.8 Å². The molecule has 0 bridgehead atoms. The molecule has 35 heavy (non-hydrogen) atoms. The predicted molar refractivity (Wildman–Crippen MR) is 124 cm³/mol. The Kier molecular flexibility index (Phi) is 8.04. The number of benzene rings is 1. The first-order chi connectivity index (χ1) is 16.4. The van der Waals surface area contributed by atoms with Crippen LogP contribution in [0.3, 0.4) is 0 Å². The monoisotopic (exact) mass is 493 g/mol. The van der Waals surface area contributed by atoms with Gasteiger partial charge in [0, 0.05) is 19.9 Å². The third-order valence-electron chi connectivity index (χ3n) is 5.76. The minimum atomic E-state index is -4.63. The minimum absolute atomic E-state index is 0.188. The van der Waals surface area contributed by atoms with E-state index < -0.39 is 42.1 Å². The number of amides is 2. The van der Waals surface area contributed by atoms with Crippen LogP contribution >= 0.6 is 0 Å². The lowest BCUT2D eigenvalue weighted by Gasteiger charge is -2.27. The Morgan fingerprint density at radius 3 is 2.34 bits per heavy atom. The summed E-state index contributed by atoms with van der Waals surface area (Å²) in [5.74, 6) is -1.12. The highest BCUT2D eigenvalue weighted by Gasteiger charge is 2.49. The van der Waals surface area contributed by atoms with E-state index in [-0.39, 0.29) is 12.4 Å². The molecule has 3 atom stereocenters. The zero-order chi connectivity index (χ0) is 25.9. The fraction of sp³-hybridized carbons (Fsp3) is 0.480. The minimum Gasteiger partial charge on any atom is -0.436 e. The highest BCUT2D eigenvalue weighted by molar-refractivity contribution is 5.94. The second-order valence-electron chi connectivity index (χ2n) is 8.90. The number of halogens is 3. The van der Waals surface area contributed by atoms with Gasteiger partial charge in [0.25, 0.3) is 0 Å². The first-order valence-corrected chi connectivity index (χ1v) is 11.4. The number of anilines is 1. The number of esters is 1. The molecule has 1 aliphatic rings. The van der Waals surface area contributed by atoms with Crippen molar-refractivity contribution in [2.24, 2.45) is 5.92 Å². The number of hydrogen-bond donors (Lipinski definition) is 0. The zero-order valence-corrected chi connectivity index (χ0v) is 20.4. The maximum Gasteiger partial charge on any atom is 0.416 e. The number of hydrogen-bond acceptors (Lipinski definition) is 5. The molecule has 0 spiro atoms. The van der Waals surface area contributed by atoms with Crippen LogP contribution in [0.15, 0.2) is 42.6 Å². The summed E-state index contributed by atoms with van der Waals surface area (Å²) in [6.07, 6.45) is -5.11. The molecule has 1 aromatic carbocycles. The van der Waals surface area contributed by atoms with E-state index in [0.29, 0.717) is 5.92 Å². The molecule has 2 aromatic rings. The fourth-order valence-corrected chi connectivity index (χ4v) is 3.91. The summed E-state index contributed by atoms with van der Waals surface area (Å²) < 4.78 is 51.1. The summed E-state index contributed by atoms with van der Waals surface area (Å²) in [5.41, 5.74) is 0.889. The number of rotatable bonds is 8.